The monoisotopic (exact) mass is 256 g/mol. The summed E-state index contributed by atoms with van der Waals surface area (Å²) < 4.78 is 5.36. The predicted molar refractivity (Wildman–Crippen MR) is 65.7 cm³/mol. The van der Waals surface area contributed by atoms with Gasteiger partial charge in [0.2, 0.25) is 11.7 Å². The first kappa shape index (κ1) is 10.7. The Morgan fingerprint density at radius 1 is 1.26 bits per heavy atom. The van der Waals surface area contributed by atoms with Crippen molar-refractivity contribution in [2.75, 3.05) is 0 Å². The molecule has 96 valence electrons. The van der Waals surface area contributed by atoms with E-state index < -0.39 is 5.97 Å². The number of aromatic nitrogens is 2. The van der Waals surface area contributed by atoms with Crippen LogP contribution in [0.4, 0.5) is 0 Å². The third kappa shape index (κ3) is 1.44. The SMILES string of the molecule is O=C(O)c1ccc(-c2noc(C34CC(C3)C4)n2)cc1. The molecule has 2 aromatic rings. The lowest BCUT2D eigenvalue weighted by Crippen LogP contribution is -2.55. The summed E-state index contributed by atoms with van der Waals surface area (Å²) in [6, 6.07) is 6.52. The second kappa shape index (κ2) is 3.44. The third-order valence-corrected chi connectivity index (χ3v) is 4.31. The van der Waals surface area contributed by atoms with Crippen molar-refractivity contribution >= 4 is 5.97 Å². The third-order valence-electron chi connectivity index (χ3n) is 4.31. The second-order valence-electron chi connectivity index (χ2n) is 5.56. The molecule has 5 rings (SSSR count). The number of carboxylic acids is 1. The number of rotatable bonds is 3. The molecular weight excluding hydrogens is 244 g/mol. The van der Waals surface area contributed by atoms with Gasteiger partial charge in [-0.1, -0.05) is 17.3 Å². The van der Waals surface area contributed by atoms with E-state index in [1.807, 2.05) is 0 Å². The Bertz CT molecular complexity index is 643. The zero-order chi connectivity index (χ0) is 13.0. The van der Waals surface area contributed by atoms with Crippen LogP contribution in [0.5, 0.6) is 0 Å². The smallest absolute Gasteiger partial charge is 0.335 e. The van der Waals surface area contributed by atoms with Gasteiger partial charge in [0.25, 0.3) is 0 Å². The lowest BCUT2D eigenvalue weighted by Gasteiger charge is -2.59. The molecule has 3 aliphatic rings. The highest BCUT2D eigenvalue weighted by Gasteiger charge is 2.61. The summed E-state index contributed by atoms with van der Waals surface area (Å²) in [6.45, 7) is 0. The van der Waals surface area contributed by atoms with E-state index in [0.717, 1.165) is 17.4 Å². The van der Waals surface area contributed by atoms with Gasteiger partial charge in [0.1, 0.15) is 0 Å². The van der Waals surface area contributed by atoms with Gasteiger partial charge in [-0.3, -0.25) is 0 Å². The van der Waals surface area contributed by atoms with E-state index in [2.05, 4.69) is 10.1 Å². The lowest BCUT2D eigenvalue weighted by atomic mass is 9.44. The van der Waals surface area contributed by atoms with Crippen LogP contribution in [0.15, 0.2) is 28.8 Å². The van der Waals surface area contributed by atoms with Crippen LogP contribution < -0.4 is 0 Å². The predicted octanol–water partition coefficient (Wildman–Crippen LogP) is 2.49. The molecule has 5 heteroatoms. The first-order valence-corrected chi connectivity index (χ1v) is 6.34. The highest BCUT2D eigenvalue weighted by Crippen LogP contribution is 2.64. The van der Waals surface area contributed by atoms with Gasteiger partial charge in [0.05, 0.1) is 11.0 Å². The highest BCUT2D eigenvalue weighted by molar-refractivity contribution is 5.88. The number of aromatic carboxylic acids is 1. The van der Waals surface area contributed by atoms with Gasteiger partial charge in [-0.25, -0.2) is 4.79 Å². The van der Waals surface area contributed by atoms with Crippen molar-refractivity contribution in [3.05, 3.63) is 35.7 Å². The Labute approximate surface area is 109 Å². The average molecular weight is 256 g/mol. The molecule has 0 radical (unpaired) electrons. The van der Waals surface area contributed by atoms with E-state index in [1.54, 1.807) is 24.3 Å². The number of nitrogens with zero attached hydrogens (tertiary/aromatic N) is 2. The first-order chi connectivity index (χ1) is 9.16. The van der Waals surface area contributed by atoms with Crippen LogP contribution >= 0.6 is 0 Å². The largest absolute Gasteiger partial charge is 0.478 e. The summed E-state index contributed by atoms with van der Waals surface area (Å²) in [7, 11) is 0. The molecule has 1 aromatic carbocycles. The van der Waals surface area contributed by atoms with Crippen LogP contribution in [-0.2, 0) is 5.41 Å². The minimum atomic E-state index is -0.936. The van der Waals surface area contributed by atoms with Crippen molar-refractivity contribution in [2.24, 2.45) is 5.92 Å². The maximum atomic E-state index is 10.8. The van der Waals surface area contributed by atoms with Crippen LogP contribution in [0.3, 0.4) is 0 Å². The summed E-state index contributed by atoms with van der Waals surface area (Å²) >= 11 is 0. The lowest BCUT2D eigenvalue weighted by molar-refractivity contribution is -0.0512. The standard InChI is InChI=1S/C14H12N2O3/c17-12(18)10-3-1-9(2-4-10)11-15-13(19-16-11)14-5-8(6-14)7-14/h1-4,8H,5-7H2,(H,17,18). The molecule has 3 aliphatic carbocycles. The van der Waals surface area contributed by atoms with Gasteiger partial charge >= 0.3 is 5.97 Å². The zero-order valence-corrected chi connectivity index (χ0v) is 10.2. The maximum Gasteiger partial charge on any atom is 0.335 e. The topological polar surface area (TPSA) is 76.2 Å². The fourth-order valence-electron chi connectivity index (χ4n) is 3.06. The molecular formula is C14H12N2O3. The molecule has 0 atom stereocenters. The molecule has 0 aliphatic heterocycles. The quantitative estimate of drug-likeness (QED) is 0.912. The normalized spacial score (nSPS) is 27.5. The molecule has 0 unspecified atom stereocenters. The van der Waals surface area contributed by atoms with Gasteiger partial charge in [-0.15, -0.1) is 0 Å². The molecule has 0 amide bonds. The van der Waals surface area contributed by atoms with E-state index in [-0.39, 0.29) is 11.0 Å². The number of benzene rings is 1. The molecule has 2 bridgehead atoms. The molecule has 1 aromatic heterocycles. The molecule has 1 N–H and O–H groups in total. The summed E-state index contributed by atoms with van der Waals surface area (Å²) in [6.07, 6.45) is 3.52. The van der Waals surface area contributed by atoms with Crippen molar-refractivity contribution < 1.29 is 14.4 Å². The van der Waals surface area contributed by atoms with Crippen LogP contribution in [0.2, 0.25) is 0 Å². The summed E-state index contributed by atoms with van der Waals surface area (Å²) in [5.74, 6) is 1.21. The van der Waals surface area contributed by atoms with Crippen molar-refractivity contribution in [3.8, 4) is 11.4 Å². The van der Waals surface area contributed by atoms with Crippen molar-refractivity contribution in [3.63, 3.8) is 0 Å². The Kier molecular flexibility index (Phi) is 1.94. The summed E-state index contributed by atoms with van der Waals surface area (Å²) in [5.41, 5.74) is 1.20. The van der Waals surface area contributed by atoms with Crippen molar-refractivity contribution in [1.82, 2.24) is 10.1 Å². The minimum Gasteiger partial charge on any atom is -0.478 e. The van der Waals surface area contributed by atoms with Crippen LogP contribution in [-0.4, -0.2) is 21.2 Å². The molecule has 3 fully saturated rings. The van der Waals surface area contributed by atoms with E-state index in [4.69, 9.17) is 9.63 Å². The molecule has 19 heavy (non-hydrogen) atoms. The van der Waals surface area contributed by atoms with E-state index in [9.17, 15) is 4.79 Å². The minimum absolute atomic E-state index is 0.164. The molecule has 0 spiro atoms. The number of carboxylic acid groups (broad SMARTS) is 1. The van der Waals surface area contributed by atoms with Gasteiger partial charge in [-0.2, -0.15) is 4.98 Å². The Morgan fingerprint density at radius 2 is 1.95 bits per heavy atom. The van der Waals surface area contributed by atoms with Gasteiger partial charge < -0.3 is 9.63 Å². The van der Waals surface area contributed by atoms with E-state index >= 15 is 0 Å². The molecule has 0 saturated heterocycles. The Balaban J connectivity index is 1.63. The molecule has 5 nitrogen and oxygen atoms in total. The summed E-state index contributed by atoms with van der Waals surface area (Å²) in [4.78, 5) is 15.2. The van der Waals surface area contributed by atoms with Gasteiger partial charge in [0.15, 0.2) is 0 Å². The number of hydrogen-bond donors (Lipinski definition) is 1. The second-order valence-corrected chi connectivity index (χ2v) is 5.56. The fourth-order valence-corrected chi connectivity index (χ4v) is 3.06. The Morgan fingerprint density at radius 3 is 2.47 bits per heavy atom. The van der Waals surface area contributed by atoms with Gasteiger partial charge in [-0.05, 0) is 37.3 Å². The van der Waals surface area contributed by atoms with Crippen LogP contribution in [0.1, 0.15) is 35.5 Å². The Hall–Kier alpha value is -2.17. The van der Waals surface area contributed by atoms with Crippen LogP contribution in [0, 0.1) is 5.92 Å². The van der Waals surface area contributed by atoms with E-state index in [0.29, 0.717) is 5.82 Å². The van der Waals surface area contributed by atoms with E-state index in [1.165, 1.54) is 19.3 Å². The maximum absolute atomic E-state index is 10.8. The zero-order valence-electron chi connectivity index (χ0n) is 10.2. The van der Waals surface area contributed by atoms with Crippen LogP contribution in [0.25, 0.3) is 11.4 Å². The van der Waals surface area contributed by atoms with Crippen molar-refractivity contribution in [1.29, 1.82) is 0 Å². The molecule has 3 saturated carbocycles. The number of hydrogen-bond acceptors (Lipinski definition) is 4. The van der Waals surface area contributed by atoms with Crippen molar-refractivity contribution in [2.45, 2.75) is 24.7 Å². The summed E-state index contributed by atoms with van der Waals surface area (Å²) in [5, 5.41) is 12.9. The highest BCUT2D eigenvalue weighted by atomic mass is 16.5. The van der Waals surface area contributed by atoms with Gasteiger partial charge in [0, 0.05) is 5.56 Å². The fraction of sp³-hybridized carbons (Fsp3) is 0.357. The number of carbonyl (C=O) groups is 1. The molecule has 1 heterocycles. The average Bonchev–Trinajstić information content (AvgIpc) is 2.74. The first-order valence-electron chi connectivity index (χ1n) is 6.34.